The lowest BCUT2D eigenvalue weighted by Gasteiger charge is -2.08. The van der Waals surface area contributed by atoms with Crippen LogP contribution in [0.1, 0.15) is 18.1 Å². The molecule has 2 heterocycles. The minimum Gasteiger partial charge on any atom is -0.479 e. The van der Waals surface area contributed by atoms with Gasteiger partial charge in [-0.25, -0.2) is 0 Å². The fourth-order valence-corrected chi connectivity index (χ4v) is 3.57. The lowest BCUT2D eigenvalue weighted by Crippen LogP contribution is -2.24. The van der Waals surface area contributed by atoms with E-state index in [2.05, 4.69) is 20.6 Å². The molecule has 0 spiro atoms. The molecule has 1 amide bonds. The first-order valence-corrected chi connectivity index (χ1v) is 9.96. The van der Waals surface area contributed by atoms with Gasteiger partial charge in [0.2, 0.25) is 11.8 Å². The Balaban J connectivity index is 1.63. The van der Waals surface area contributed by atoms with E-state index < -0.39 is 0 Å². The van der Waals surface area contributed by atoms with Gasteiger partial charge in [0.05, 0.1) is 12.9 Å². The maximum absolute atomic E-state index is 12.2. The summed E-state index contributed by atoms with van der Waals surface area (Å²) in [6.07, 6.45) is 1.84. The lowest BCUT2D eigenvalue weighted by atomic mass is 10.1. The Bertz CT molecular complexity index is 948. The number of nitrogens with one attached hydrogen (secondary N) is 1. The van der Waals surface area contributed by atoms with Crippen molar-refractivity contribution in [2.75, 3.05) is 12.9 Å². The lowest BCUT2D eigenvalue weighted by molar-refractivity contribution is -0.118. The number of ether oxygens (including phenoxy) is 1. The Morgan fingerprint density at radius 2 is 2.00 bits per heavy atom. The highest BCUT2D eigenvalue weighted by Crippen LogP contribution is 2.29. The normalized spacial score (nSPS) is 10.9. The molecule has 2 aromatic heterocycles. The Kier molecular flexibility index (Phi) is 6.35. The van der Waals surface area contributed by atoms with Crippen LogP contribution in [0.3, 0.4) is 0 Å². The zero-order valence-corrected chi connectivity index (χ0v) is 17.3. The van der Waals surface area contributed by atoms with E-state index in [0.29, 0.717) is 30.0 Å². The predicted molar refractivity (Wildman–Crippen MR) is 108 cm³/mol. The summed E-state index contributed by atoms with van der Waals surface area (Å²) in [5.74, 6) is 1.40. The van der Waals surface area contributed by atoms with Crippen molar-refractivity contribution in [3.8, 4) is 17.3 Å². The van der Waals surface area contributed by atoms with Gasteiger partial charge >= 0.3 is 0 Å². The molecule has 0 aliphatic carbocycles. The van der Waals surface area contributed by atoms with Crippen LogP contribution in [0.25, 0.3) is 11.4 Å². The summed E-state index contributed by atoms with van der Waals surface area (Å²) in [5, 5.41) is 16.4. The molecule has 0 fully saturated rings. The number of carbonyl (C=O) groups is 1. The average molecular weight is 401 g/mol. The molecule has 148 valence electrons. The number of benzene rings is 1. The average Bonchev–Trinajstić information content (AvgIpc) is 3.27. The number of nitrogens with zero attached hydrogens (tertiary/aromatic N) is 5. The molecule has 28 heavy (non-hydrogen) atoms. The first-order valence-electron chi connectivity index (χ1n) is 8.98. The second-order valence-electron chi connectivity index (χ2n) is 6.33. The second kappa shape index (κ2) is 8.92. The first kappa shape index (κ1) is 19.9. The summed E-state index contributed by atoms with van der Waals surface area (Å²) in [7, 11) is 3.40. The molecular formula is C19H24N6O2S. The molecule has 0 saturated heterocycles. The number of amides is 1. The number of hydrogen-bond donors (Lipinski definition) is 1. The highest BCUT2D eigenvalue weighted by molar-refractivity contribution is 7.99. The van der Waals surface area contributed by atoms with E-state index in [0.717, 1.165) is 11.1 Å². The van der Waals surface area contributed by atoms with Crippen LogP contribution < -0.4 is 10.1 Å². The summed E-state index contributed by atoms with van der Waals surface area (Å²) in [6.45, 7) is 5.24. The van der Waals surface area contributed by atoms with Crippen molar-refractivity contribution in [1.82, 2.24) is 29.9 Å². The van der Waals surface area contributed by atoms with E-state index in [1.807, 2.05) is 55.9 Å². The first-order chi connectivity index (χ1) is 13.5. The number of hydrogen-bond acceptors (Lipinski definition) is 6. The summed E-state index contributed by atoms with van der Waals surface area (Å²) < 4.78 is 8.96. The third kappa shape index (κ3) is 4.53. The molecule has 1 aromatic carbocycles. The Hall–Kier alpha value is -2.81. The van der Waals surface area contributed by atoms with Gasteiger partial charge in [-0.2, -0.15) is 0 Å². The van der Waals surface area contributed by atoms with E-state index in [4.69, 9.17) is 4.74 Å². The molecule has 1 N–H and O–H groups in total. The Morgan fingerprint density at radius 3 is 2.68 bits per heavy atom. The highest BCUT2D eigenvalue weighted by atomic mass is 32.2. The summed E-state index contributed by atoms with van der Waals surface area (Å²) in [4.78, 5) is 12.2. The Labute approximate surface area is 168 Å². The minimum absolute atomic E-state index is 0.0447. The molecule has 9 heteroatoms. The zero-order chi connectivity index (χ0) is 20.1. The molecule has 0 bridgehead atoms. The van der Waals surface area contributed by atoms with E-state index in [-0.39, 0.29) is 11.7 Å². The summed E-state index contributed by atoms with van der Waals surface area (Å²) in [6, 6.07) is 8.11. The number of rotatable bonds is 8. The summed E-state index contributed by atoms with van der Waals surface area (Å²) in [5.41, 5.74) is 3.05. The van der Waals surface area contributed by atoms with E-state index in [9.17, 15) is 4.79 Å². The topological polar surface area (TPSA) is 86.9 Å². The van der Waals surface area contributed by atoms with Gasteiger partial charge in [-0.05, 0) is 19.4 Å². The zero-order valence-electron chi connectivity index (χ0n) is 16.5. The highest BCUT2D eigenvalue weighted by Gasteiger charge is 2.20. The quantitative estimate of drug-likeness (QED) is 0.585. The largest absolute Gasteiger partial charge is 0.479 e. The molecule has 3 rings (SSSR count). The van der Waals surface area contributed by atoms with Crippen LogP contribution >= 0.6 is 11.8 Å². The van der Waals surface area contributed by atoms with Crippen molar-refractivity contribution in [3.63, 3.8) is 0 Å². The number of aromatic nitrogens is 5. The molecule has 0 aliphatic heterocycles. The SMILES string of the molecule is CCn1c(SCC(=O)NCc2ccc(C)cc2)nnc1-c1cn(C)nc1OC. The van der Waals surface area contributed by atoms with Crippen LogP contribution in [0, 0.1) is 6.92 Å². The van der Waals surface area contributed by atoms with Crippen LogP contribution in [-0.2, 0) is 24.9 Å². The van der Waals surface area contributed by atoms with Crippen molar-refractivity contribution in [2.24, 2.45) is 7.05 Å². The number of methoxy groups -OCH3 is 1. The van der Waals surface area contributed by atoms with Crippen LogP contribution in [0.4, 0.5) is 0 Å². The molecule has 0 unspecified atom stereocenters. The maximum Gasteiger partial charge on any atom is 0.243 e. The monoisotopic (exact) mass is 400 g/mol. The van der Waals surface area contributed by atoms with Crippen molar-refractivity contribution in [1.29, 1.82) is 0 Å². The fourth-order valence-electron chi connectivity index (χ4n) is 2.74. The molecule has 0 atom stereocenters. The van der Waals surface area contributed by atoms with Crippen molar-refractivity contribution in [3.05, 3.63) is 41.6 Å². The van der Waals surface area contributed by atoms with Gasteiger partial charge in [0.1, 0.15) is 5.56 Å². The molecule has 0 saturated carbocycles. The van der Waals surface area contributed by atoms with Crippen molar-refractivity contribution < 1.29 is 9.53 Å². The van der Waals surface area contributed by atoms with Crippen molar-refractivity contribution in [2.45, 2.75) is 32.1 Å². The van der Waals surface area contributed by atoms with Gasteiger partial charge in [-0.1, -0.05) is 41.6 Å². The third-order valence-corrected chi connectivity index (χ3v) is 5.17. The van der Waals surface area contributed by atoms with Crippen LogP contribution in [0.5, 0.6) is 5.88 Å². The van der Waals surface area contributed by atoms with Gasteiger partial charge in [0.25, 0.3) is 0 Å². The minimum atomic E-state index is -0.0447. The number of thioether (sulfide) groups is 1. The van der Waals surface area contributed by atoms with E-state index >= 15 is 0 Å². The molecular weight excluding hydrogens is 376 g/mol. The molecule has 8 nitrogen and oxygen atoms in total. The van der Waals surface area contributed by atoms with Gasteiger partial charge < -0.3 is 14.6 Å². The molecule has 0 radical (unpaired) electrons. The smallest absolute Gasteiger partial charge is 0.243 e. The van der Waals surface area contributed by atoms with Crippen LogP contribution in [0.15, 0.2) is 35.6 Å². The van der Waals surface area contributed by atoms with Gasteiger partial charge in [-0.15, -0.1) is 15.3 Å². The van der Waals surface area contributed by atoms with Gasteiger partial charge in [-0.3, -0.25) is 9.48 Å². The van der Waals surface area contributed by atoms with Crippen LogP contribution in [-0.4, -0.2) is 43.3 Å². The standard InChI is InChI=1S/C19H24N6O2S/c1-5-25-17(15-11-24(3)23-18(15)27-4)21-22-19(25)28-12-16(26)20-10-14-8-6-13(2)7-9-14/h6-9,11H,5,10,12H2,1-4H3,(H,20,26). The van der Waals surface area contributed by atoms with Gasteiger partial charge in [0, 0.05) is 26.3 Å². The third-order valence-electron chi connectivity index (χ3n) is 4.20. The predicted octanol–water partition coefficient (Wildman–Crippen LogP) is 2.42. The summed E-state index contributed by atoms with van der Waals surface area (Å²) >= 11 is 1.36. The second-order valence-corrected chi connectivity index (χ2v) is 7.27. The fraction of sp³-hybridized carbons (Fsp3) is 0.368. The Morgan fingerprint density at radius 1 is 1.25 bits per heavy atom. The van der Waals surface area contributed by atoms with E-state index in [1.165, 1.54) is 17.3 Å². The molecule has 0 aliphatic rings. The number of carbonyl (C=O) groups excluding carboxylic acids is 1. The van der Waals surface area contributed by atoms with E-state index in [1.54, 1.807) is 11.8 Å². The van der Waals surface area contributed by atoms with Gasteiger partial charge in [0.15, 0.2) is 11.0 Å². The molecule has 3 aromatic rings. The van der Waals surface area contributed by atoms with Crippen molar-refractivity contribution >= 4 is 17.7 Å². The van der Waals surface area contributed by atoms with Crippen LogP contribution in [0.2, 0.25) is 0 Å². The maximum atomic E-state index is 12.2. The number of aryl methyl sites for hydroxylation is 2.